The van der Waals surface area contributed by atoms with Crippen molar-refractivity contribution in [1.29, 1.82) is 0 Å². The van der Waals surface area contributed by atoms with Crippen molar-refractivity contribution in [2.75, 3.05) is 19.6 Å². The monoisotopic (exact) mass is 481 g/mol. The zero-order valence-electron chi connectivity index (χ0n) is 17.7. The van der Waals surface area contributed by atoms with Crippen molar-refractivity contribution < 1.29 is 24.2 Å². The molecule has 2 saturated heterocycles. The van der Waals surface area contributed by atoms with E-state index < -0.39 is 30.0 Å². The fraction of sp³-hybridized carbons (Fsp3) is 0.619. The van der Waals surface area contributed by atoms with E-state index in [1.54, 1.807) is 27.7 Å². The molecule has 1 aromatic rings. The number of aromatic nitrogens is 1. The van der Waals surface area contributed by atoms with Gasteiger partial charge in [0.25, 0.3) is 5.78 Å². The molecule has 0 radical (unpaired) electrons. The van der Waals surface area contributed by atoms with Crippen molar-refractivity contribution in [3.8, 4) is 0 Å². The highest BCUT2D eigenvalue weighted by Crippen LogP contribution is 2.55. The van der Waals surface area contributed by atoms with Crippen LogP contribution in [0.15, 0.2) is 4.47 Å². The van der Waals surface area contributed by atoms with E-state index in [2.05, 4.69) is 26.2 Å². The molecule has 9 heteroatoms. The van der Waals surface area contributed by atoms with Crippen LogP contribution in [-0.2, 0) is 9.53 Å². The van der Waals surface area contributed by atoms with Crippen LogP contribution in [0.3, 0.4) is 0 Å². The smallest absolute Gasteiger partial charge is 0.407 e. The number of amides is 1. The van der Waals surface area contributed by atoms with Gasteiger partial charge in [-0.05, 0) is 81.4 Å². The van der Waals surface area contributed by atoms with E-state index >= 15 is 0 Å². The summed E-state index contributed by atoms with van der Waals surface area (Å²) in [6.07, 6.45) is 0.821. The van der Waals surface area contributed by atoms with Crippen LogP contribution in [0, 0.1) is 19.3 Å². The Morgan fingerprint density at radius 2 is 1.83 bits per heavy atom. The maximum atomic E-state index is 13.2. The first-order chi connectivity index (χ1) is 14.1. The number of Topliss-reactive ketones (excluding diaryl/α,β-unsaturated/α-hetero) is 1. The van der Waals surface area contributed by atoms with E-state index in [-0.39, 0.29) is 11.0 Å². The lowest BCUT2D eigenvalue weighted by atomic mass is 9.69. The molecular formula is C21H28BrN3O5. The van der Waals surface area contributed by atoms with Gasteiger partial charge >= 0.3 is 12.1 Å². The summed E-state index contributed by atoms with van der Waals surface area (Å²) < 4.78 is 5.72. The number of carbonyl (C=O) groups excluding carboxylic acids is 2. The van der Waals surface area contributed by atoms with Gasteiger partial charge in [0.15, 0.2) is 0 Å². The molecule has 2 fully saturated rings. The van der Waals surface area contributed by atoms with Crippen LogP contribution in [0.2, 0.25) is 0 Å². The van der Waals surface area contributed by atoms with Crippen LogP contribution in [0.5, 0.6) is 0 Å². The molecule has 0 aromatic carbocycles. The SMILES string of the molecule is Cc1nc(C)c(C(=O)C(=O)OC(C)C)c(C2N(C(=O)O)CCC23CCNCC3)c1Br. The molecule has 8 nitrogen and oxygen atoms in total. The summed E-state index contributed by atoms with van der Waals surface area (Å²) in [5, 5.41) is 13.3. The van der Waals surface area contributed by atoms with Gasteiger partial charge in [-0.25, -0.2) is 9.59 Å². The number of pyridine rings is 1. The Balaban J connectivity index is 2.22. The Kier molecular flexibility index (Phi) is 6.52. The number of carboxylic acid groups (broad SMARTS) is 1. The minimum Gasteiger partial charge on any atom is -0.465 e. The van der Waals surface area contributed by atoms with E-state index in [9.17, 15) is 19.5 Å². The third-order valence-electron chi connectivity index (χ3n) is 6.14. The second kappa shape index (κ2) is 8.63. The number of aryl methyl sites for hydroxylation is 2. The predicted molar refractivity (Wildman–Crippen MR) is 114 cm³/mol. The molecule has 0 bridgehead atoms. The van der Waals surface area contributed by atoms with Crippen molar-refractivity contribution in [2.45, 2.75) is 59.1 Å². The van der Waals surface area contributed by atoms with Gasteiger partial charge in [-0.3, -0.25) is 9.78 Å². The molecule has 30 heavy (non-hydrogen) atoms. The quantitative estimate of drug-likeness (QED) is 0.385. The number of ether oxygens (including phenoxy) is 1. The summed E-state index contributed by atoms with van der Waals surface area (Å²) in [4.78, 5) is 43.7. The number of hydrogen-bond donors (Lipinski definition) is 2. The Bertz CT molecular complexity index is 880. The highest BCUT2D eigenvalue weighted by Gasteiger charge is 2.52. The lowest BCUT2D eigenvalue weighted by Crippen LogP contribution is -2.43. The lowest BCUT2D eigenvalue weighted by Gasteiger charge is -2.42. The predicted octanol–water partition coefficient (Wildman–Crippen LogP) is 3.39. The molecule has 0 aliphatic carbocycles. The molecule has 3 heterocycles. The first kappa shape index (κ1) is 22.7. The maximum absolute atomic E-state index is 13.2. The summed E-state index contributed by atoms with van der Waals surface area (Å²) in [7, 11) is 0. The molecule has 3 rings (SSSR count). The van der Waals surface area contributed by atoms with Gasteiger partial charge in [0.05, 0.1) is 23.4 Å². The molecule has 1 amide bonds. The fourth-order valence-electron chi connectivity index (χ4n) is 4.82. The van der Waals surface area contributed by atoms with Crippen LogP contribution in [0.4, 0.5) is 4.79 Å². The number of nitrogens with zero attached hydrogens (tertiary/aromatic N) is 2. The van der Waals surface area contributed by atoms with Crippen molar-refractivity contribution in [2.24, 2.45) is 5.41 Å². The molecular weight excluding hydrogens is 454 g/mol. The van der Waals surface area contributed by atoms with Crippen LogP contribution >= 0.6 is 15.9 Å². The average molecular weight is 482 g/mol. The van der Waals surface area contributed by atoms with Crippen molar-refractivity contribution in [3.63, 3.8) is 0 Å². The van der Waals surface area contributed by atoms with E-state index in [4.69, 9.17) is 4.74 Å². The third-order valence-corrected chi connectivity index (χ3v) is 7.14. The number of halogens is 1. The third kappa shape index (κ3) is 3.97. The number of ketones is 1. The van der Waals surface area contributed by atoms with E-state index in [0.717, 1.165) is 25.9 Å². The number of likely N-dealkylation sites (tertiary alicyclic amines) is 1. The second-order valence-electron chi connectivity index (χ2n) is 8.41. The van der Waals surface area contributed by atoms with E-state index in [1.807, 2.05) is 0 Å². The molecule has 0 saturated carbocycles. The number of carbonyl (C=O) groups is 3. The van der Waals surface area contributed by atoms with E-state index in [1.165, 1.54) is 4.90 Å². The molecule has 2 N–H and O–H groups in total. The Morgan fingerprint density at radius 3 is 2.40 bits per heavy atom. The molecule has 1 unspecified atom stereocenters. The van der Waals surface area contributed by atoms with Crippen LogP contribution in [0.1, 0.15) is 66.5 Å². The lowest BCUT2D eigenvalue weighted by molar-refractivity contribution is -0.141. The zero-order chi connectivity index (χ0) is 22.2. The van der Waals surface area contributed by atoms with Gasteiger partial charge in [0.1, 0.15) is 0 Å². The molecule has 2 aliphatic rings. The molecule has 2 aliphatic heterocycles. The standard InChI is InChI=1S/C21H28BrN3O5/c1-11(2)30-19(27)17(26)14-12(3)24-13(4)16(22)15(14)18-21(5-8-23-9-6-21)7-10-25(18)20(28)29/h11,18,23H,5-10H2,1-4H3,(H,28,29). The van der Waals surface area contributed by atoms with Gasteiger partial charge in [-0.1, -0.05) is 0 Å². The van der Waals surface area contributed by atoms with Crippen molar-refractivity contribution in [3.05, 3.63) is 27.0 Å². The van der Waals surface area contributed by atoms with Gasteiger partial charge in [0.2, 0.25) is 0 Å². The number of esters is 1. The van der Waals surface area contributed by atoms with Gasteiger partial charge in [-0.15, -0.1) is 0 Å². The summed E-state index contributed by atoms with van der Waals surface area (Å²) >= 11 is 3.57. The first-order valence-corrected chi connectivity index (χ1v) is 11.0. The molecule has 164 valence electrons. The fourth-order valence-corrected chi connectivity index (χ4v) is 5.33. The van der Waals surface area contributed by atoms with Gasteiger partial charge in [0, 0.05) is 22.3 Å². The number of hydrogen-bond acceptors (Lipinski definition) is 6. The highest BCUT2D eigenvalue weighted by atomic mass is 79.9. The van der Waals surface area contributed by atoms with Crippen molar-refractivity contribution >= 4 is 33.8 Å². The van der Waals surface area contributed by atoms with E-state index in [0.29, 0.717) is 34.4 Å². The Labute approximate surface area is 184 Å². The summed E-state index contributed by atoms with van der Waals surface area (Å²) in [5.41, 5.74) is 1.43. The number of nitrogens with one attached hydrogen (secondary N) is 1. The minimum absolute atomic E-state index is 0.147. The Hall–Kier alpha value is -2.00. The molecule has 1 spiro atoms. The van der Waals surface area contributed by atoms with Gasteiger partial charge in [-0.2, -0.15) is 0 Å². The number of rotatable bonds is 4. The first-order valence-electron chi connectivity index (χ1n) is 10.2. The molecule has 1 aromatic heterocycles. The zero-order valence-corrected chi connectivity index (χ0v) is 19.3. The normalized spacial score (nSPS) is 20.6. The maximum Gasteiger partial charge on any atom is 0.407 e. The van der Waals surface area contributed by atoms with Crippen molar-refractivity contribution in [1.82, 2.24) is 15.2 Å². The van der Waals surface area contributed by atoms with Crippen LogP contribution < -0.4 is 5.32 Å². The summed E-state index contributed by atoms with van der Waals surface area (Å²) in [6, 6.07) is -0.544. The average Bonchev–Trinajstić information content (AvgIpc) is 3.02. The van der Waals surface area contributed by atoms with Crippen LogP contribution in [0.25, 0.3) is 0 Å². The summed E-state index contributed by atoms with van der Waals surface area (Å²) in [5.74, 6) is -1.74. The largest absolute Gasteiger partial charge is 0.465 e. The van der Waals surface area contributed by atoms with Gasteiger partial charge < -0.3 is 20.1 Å². The summed E-state index contributed by atoms with van der Waals surface area (Å²) in [6.45, 7) is 8.78. The van der Waals surface area contributed by atoms with Crippen LogP contribution in [-0.4, -0.2) is 58.6 Å². The highest BCUT2D eigenvalue weighted by molar-refractivity contribution is 9.10. The molecule has 1 atom stereocenters. The minimum atomic E-state index is -1.03. The Morgan fingerprint density at radius 1 is 1.20 bits per heavy atom. The topological polar surface area (TPSA) is 109 Å². The second-order valence-corrected chi connectivity index (χ2v) is 9.20. The number of piperidine rings is 1.